The van der Waals surface area contributed by atoms with Crippen LogP contribution in [-0.2, 0) is 9.53 Å². The predicted octanol–water partition coefficient (Wildman–Crippen LogP) is 4.97. The van der Waals surface area contributed by atoms with E-state index in [0.29, 0.717) is 43.4 Å². The lowest BCUT2D eigenvalue weighted by atomic mass is 9.95. The van der Waals surface area contributed by atoms with Gasteiger partial charge in [0.2, 0.25) is 0 Å². The van der Waals surface area contributed by atoms with E-state index in [1.807, 2.05) is 60.7 Å². The van der Waals surface area contributed by atoms with E-state index in [1.54, 1.807) is 51.9 Å². The van der Waals surface area contributed by atoms with Gasteiger partial charge < -0.3 is 23.9 Å². The first kappa shape index (κ1) is 29.0. The number of ether oxygens (including phenoxy) is 4. The van der Waals surface area contributed by atoms with Crippen molar-refractivity contribution in [3.05, 3.63) is 109 Å². The van der Waals surface area contributed by atoms with Crippen molar-refractivity contribution in [1.82, 2.24) is 9.55 Å². The van der Waals surface area contributed by atoms with E-state index in [4.69, 9.17) is 23.9 Å². The van der Waals surface area contributed by atoms with Gasteiger partial charge >= 0.3 is 5.97 Å². The average molecular weight is 610 g/mol. The molecule has 0 radical (unpaired) electrons. The number of rotatable bonds is 8. The summed E-state index contributed by atoms with van der Waals surface area (Å²) >= 11 is 1.27. The van der Waals surface area contributed by atoms with Crippen LogP contribution in [0.15, 0.2) is 87.8 Å². The summed E-state index contributed by atoms with van der Waals surface area (Å²) in [5, 5.41) is 0.911. The molecule has 0 saturated carbocycles. The van der Waals surface area contributed by atoms with Gasteiger partial charge in [-0.2, -0.15) is 0 Å². The molecule has 224 valence electrons. The largest absolute Gasteiger partial charge is 0.495 e. The first-order valence-corrected chi connectivity index (χ1v) is 14.9. The molecule has 0 amide bonds. The molecule has 0 saturated heterocycles. The molecule has 5 aromatic rings. The number of H-pyrrole nitrogens is 1. The number of aromatic amines is 1. The van der Waals surface area contributed by atoms with Crippen molar-refractivity contribution in [1.29, 1.82) is 0 Å². The number of benzene rings is 3. The molecule has 3 aromatic carbocycles. The highest BCUT2D eigenvalue weighted by molar-refractivity contribution is 7.07. The van der Waals surface area contributed by atoms with Crippen LogP contribution in [0, 0.1) is 0 Å². The molecule has 1 aliphatic heterocycles. The third-order valence-electron chi connectivity index (χ3n) is 7.63. The molecule has 3 heterocycles. The monoisotopic (exact) mass is 609 g/mol. The van der Waals surface area contributed by atoms with Crippen LogP contribution in [0.4, 0.5) is 0 Å². The van der Waals surface area contributed by atoms with Crippen LogP contribution in [0.1, 0.15) is 31.0 Å². The van der Waals surface area contributed by atoms with Gasteiger partial charge in [0.05, 0.1) is 61.0 Å². The van der Waals surface area contributed by atoms with Crippen molar-refractivity contribution in [2.45, 2.75) is 19.9 Å². The maximum absolute atomic E-state index is 14.4. The van der Waals surface area contributed by atoms with E-state index in [1.165, 1.54) is 11.3 Å². The zero-order valence-electron chi connectivity index (χ0n) is 25.0. The Kier molecular flexibility index (Phi) is 7.84. The SMILES string of the molecule is CCOC(=O)C1=C(C)N=c2s/c(=C\c3c(-c4ccccc4)[nH]c4c(OC)cccc34)c(=O)n2[C@H]1c1ccc(OC)c(OC)c1. The van der Waals surface area contributed by atoms with Crippen LogP contribution >= 0.6 is 11.3 Å². The Labute approximate surface area is 257 Å². The lowest BCUT2D eigenvalue weighted by Gasteiger charge is -2.25. The fraction of sp³-hybridized carbons (Fsp3) is 0.206. The summed E-state index contributed by atoms with van der Waals surface area (Å²) in [6.45, 7) is 3.69. The molecule has 0 bridgehead atoms. The smallest absolute Gasteiger partial charge is 0.338 e. The van der Waals surface area contributed by atoms with E-state index in [-0.39, 0.29) is 12.2 Å². The molecule has 10 heteroatoms. The minimum Gasteiger partial charge on any atom is -0.495 e. The molecule has 2 aromatic heterocycles. The topological polar surface area (TPSA) is 104 Å². The van der Waals surface area contributed by atoms with Gasteiger partial charge in [0.1, 0.15) is 5.75 Å². The third-order valence-corrected chi connectivity index (χ3v) is 8.62. The minimum absolute atomic E-state index is 0.185. The summed E-state index contributed by atoms with van der Waals surface area (Å²) in [5.41, 5.74) is 4.66. The van der Waals surface area contributed by atoms with Crippen LogP contribution in [0.25, 0.3) is 28.2 Å². The van der Waals surface area contributed by atoms with Crippen molar-refractivity contribution in [3.8, 4) is 28.5 Å². The molecule has 0 spiro atoms. The molecule has 44 heavy (non-hydrogen) atoms. The van der Waals surface area contributed by atoms with E-state index < -0.39 is 12.0 Å². The number of carbonyl (C=O) groups excluding carboxylic acids is 1. The lowest BCUT2D eigenvalue weighted by molar-refractivity contribution is -0.139. The van der Waals surface area contributed by atoms with E-state index in [0.717, 1.165) is 27.7 Å². The molecule has 1 N–H and O–H groups in total. The van der Waals surface area contributed by atoms with Gasteiger partial charge in [-0.3, -0.25) is 9.36 Å². The first-order chi connectivity index (χ1) is 21.4. The Balaban J connectivity index is 1.62. The van der Waals surface area contributed by atoms with E-state index in [9.17, 15) is 9.59 Å². The van der Waals surface area contributed by atoms with Crippen LogP contribution in [0.5, 0.6) is 17.2 Å². The van der Waals surface area contributed by atoms with Gasteiger partial charge in [0.25, 0.3) is 5.56 Å². The zero-order chi connectivity index (χ0) is 31.0. The summed E-state index contributed by atoms with van der Waals surface area (Å²) < 4.78 is 24.1. The minimum atomic E-state index is -0.788. The van der Waals surface area contributed by atoms with Gasteiger partial charge in [-0.25, -0.2) is 9.79 Å². The number of para-hydroxylation sites is 1. The van der Waals surface area contributed by atoms with Gasteiger partial charge in [-0.05, 0) is 49.2 Å². The molecular formula is C34H31N3O6S. The maximum Gasteiger partial charge on any atom is 0.338 e. The van der Waals surface area contributed by atoms with E-state index >= 15 is 0 Å². The number of carbonyl (C=O) groups is 1. The summed E-state index contributed by atoms with van der Waals surface area (Å²) in [7, 11) is 4.73. The summed E-state index contributed by atoms with van der Waals surface area (Å²) in [5.74, 6) is 1.18. The van der Waals surface area contributed by atoms with Gasteiger partial charge in [0, 0.05) is 10.9 Å². The van der Waals surface area contributed by atoms with Crippen molar-refractivity contribution in [3.63, 3.8) is 0 Å². The third kappa shape index (κ3) is 4.87. The molecule has 9 nitrogen and oxygen atoms in total. The Hall–Kier alpha value is -5.09. The Bertz CT molecular complexity index is 2110. The second kappa shape index (κ2) is 11.9. The normalized spacial score (nSPS) is 14.8. The standard InChI is InChI=1S/C34H31N3O6S/c1-6-43-33(39)28-19(2)35-34-37(31(28)21-15-16-24(40-3)26(17-21)42-5)32(38)27(44-34)18-23-22-13-10-14-25(41-4)30(22)36-29(23)20-11-8-7-9-12-20/h7-18,31,36H,6H2,1-5H3/b27-18-/t31-/m0/s1. The Morgan fingerprint density at radius 1 is 0.977 bits per heavy atom. The first-order valence-electron chi connectivity index (χ1n) is 14.1. The summed E-state index contributed by atoms with van der Waals surface area (Å²) in [6, 6.07) is 20.3. The van der Waals surface area contributed by atoms with Crippen molar-refractivity contribution in [2.24, 2.45) is 4.99 Å². The predicted molar refractivity (Wildman–Crippen MR) is 170 cm³/mol. The molecule has 0 aliphatic carbocycles. The van der Waals surface area contributed by atoms with Crippen molar-refractivity contribution < 1.29 is 23.7 Å². The van der Waals surface area contributed by atoms with Crippen molar-refractivity contribution >= 4 is 34.3 Å². The highest BCUT2D eigenvalue weighted by Gasteiger charge is 2.34. The quantitative estimate of drug-likeness (QED) is 0.249. The number of thiazole rings is 1. The fourth-order valence-electron chi connectivity index (χ4n) is 5.62. The van der Waals surface area contributed by atoms with Gasteiger partial charge in [-0.15, -0.1) is 0 Å². The Morgan fingerprint density at radius 3 is 2.43 bits per heavy atom. The maximum atomic E-state index is 14.4. The second-order valence-electron chi connectivity index (χ2n) is 10.1. The lowest BCUT2D eigenvalue weighted by Crippen LogP contribution is -2.40. The highest BCUT2D eigenvalue weighted by Crippen LogP contribution is 2.37. The number of methoxy groups -OCH3 is 3. The molecular weight excluding hydrogens is 578 g/mol. The summed E-state index contributed by atoms with van der Waals surface area (Å²) in [4.78, 5) is 36.4. The van der Waals surface area contributed by atoms with Crippen molar-refractivity contribution in [2.75, 3.05) is 27.9 Å². The van der Waals surface area contributed by atoms with E-state index in [2.05, 4.69) is 4.98 Å². The molecule has 1 atom stereocenters. The number of nitrogens with one attached hydrogen (secondary N) is 1. The average Bonchev–Trinajstić information content (AvgIpc) is 3.57. The van der Waals surface area contributed by atoms with Crippen LogP contribution in [-0.4, -0.2) is 43.5 Å². The number of fused-ring (bicyclic) bond motifs is 2. The number of hydrogen-bond acceptors (Lipinski definition) is 8. The highest BCUT2D eigenvalue weighted by atomic mass is 32.1. The summed E-state index contributed by atoms with van der Waals surface area (Å²) in [6.07, 6.45) is 1.89. The molecule has 0 fully saturated rings. The number of aromatic nitrogens is 2. The molecule has 1 aliphatic rings. The second-order valence-corrected chi connectivity index (χ2v) is 11.1. The molecule has 6 rings (SSSR count). The van der Waals surface area contributed by atoms with Crippen LogP contribution in [0.3, 0.4) is 0 Å². The fourth-order valence-corrected chi connectivity index (χ4v) is 6.65. The number of allylic oxidation sites excluding steroid dienone is 1. The Morgan fingerprint density at radius 2 is 1.73 bits per heavy atom. The number of hydrogen-bond donors (Lipinski definition) is 1. The van der Waals surface area contributed by atoms with Crippen LogP contribution < -0.4 is 29.1 Å². The van der Waals surface area contributed by atoms with Gasteiger partial charge in [0.15, 0.2) is 16.3 Å². The number of nitrogens with zero attached hydrogens (tertiary/aromatic N) is 2. The number of esters is 1. The van der Waals surface area contributed by atoms with Gasteiger partial charge in [-0.1, -0.05) is 59.9 Å². The molecule has 0 unspecified atom stereocenters. The van der Waals surface area contributed by atoms with Crippen LogP contribution in [0.2, 0.25) is 0 Å². The zero-order valence-corrected chi connectivity index (χ0v) is 25.8.